The third-order valence-corrected chi connectivity index (χ3v) is 5.20. The maximum Gasteiger partial charge on any atom is 0.409 e. The number of aliphatic carboxylic acids is 1. The van der Waals surface area contributed by atoms with Crippen LogP contribution in [0.1, 0.15) is 31.2 Å². The van der Waals surface area contributed by atoms with Crippen molar-refractivity contribution in [3.05, 3.63) is 29.2 Å². The molecule has 1 saturated carbocycles. The Morgan fingerprint density at radius 2 is 1.93 bits per heavy atom. The van der Waals surface area contributed by atoms with Crippen molar-refractivity contribution in [2.24, 2.45) is 23.4 Å². The molecule has 2 rings (SSSR count). The average molecular weight is 421 g/mol. The van der Waals surface area contributed by atoms with Crippen molar-refractivity contribution in [3.63, 3.8) is 0 Å². The third-order valence-electron chi connectivity index (χ3n) is 5.20. The zero-order chi connectivity index (χ0) is 22.6. The first-order chi connectivity index (χ1) is 14.0. The number of aromatic nitrogens is 1. The van der Waals surface area contributed by atoms with Crippen LogP contribution in [0.5, 0.6) is 5.75 Å². The standard InChI is InChI=1S/C20H31N5O5/c1-11-8-13(9-14(11)19(26)27)30-17-7-6-15(23-12(17)2)18(21)16(25(5)22)10-29-20(28)24(3)4/h6-7,11,13-14H,8-10,21-22H2,1-5H3,(H,26,27)/b18-16-. The summed E-state index contributed by atoms with van der Waals surface area (Å²) < 4.78 is 11.2. The molecule has 0 spiro atoms. The highest BCUT2D eigenvalue weighted by Gasteiger charge is 2.37. The first-order valence-electron chi connectivity index (χ1n) is 9.69. The molecule has 166 valence electrons. The van der Waals surface area contributed by atoms with Gasteiger partial charge in [-0.05, 0) is 37.8 Å². The fraction of sp³-hybridized carbons (Fsp3) is 0.550. The Balaban J connectivity index is 2.16. The van der Waals surface area contributed by atoms with E-state index in [-0.39, 0.29) is 24.3 Å². The number of hydrogen-bond acceptors (Lipinski definition) is 8. The Kier molecular flexibility index (Phi) is 7.49. The van der Waals surface area contributed by atoms with Crippen LogP contribution in [0, 0.1) is 18.8 Å². The first kappa shape index (κ1) is 23.3. The zero-order valence-electron chi connectivity index (χ0n) is 18.1. The summed E-state index contributed by atoms with van der Waals surface area (Å²) in [6, 6.07) is 3.45. The molecule has 0 bridgehead atoms. The van der Waals surface area contributed by atoms with Gasteiger partial charge in [0.1, 0.15) is 12.4 Å². The number of carboxylic acid groups (broad SMARTS) is 1. The molecule has 10 nitrogen and oxygen atoms in total. The quantitative estimate of drug-likeness (QED) is 0.439. The molecule has 1 amide bonds. The number of pyridine rings is 1. The van der Waals surface area contributed by atoms with Crippen LogP contribution in [0.3, 0.4) is 0 Å². The predicted octanol–water partition coefficient (Wildman–Crippen LogP) is 1.40. The summed E-state index contributed by atoms with van der Waals surface area (Å²) in [4.78, 5) is 28.8. The number of carbonyl (C=O) groups is 2. The molecule has 1 aromatic heterocycles. The van der Waals surface area contributed by atoms with E-state index in [1.54, 1.807) is 40.2 Å². The van der Waals surface area contributed by atoms with Crippen LogP contribution in [-0.4, -0.2) is 65.9 Å². The van der Waals surface area contributed by atoms with Gasteiger partial charge in [-0.1, -0.05) is 6.92 Å². The van der Waals surface area contributed by atoms with Crippen molar-refractivity contribution in [2.75, 3.05) is 27.7 Å². The number of carboxylic acids is 1. The summed E-state index contributed by atoms with van der Waals surface area (Å²) in [6.07, 6.45) is 0.468. The van der Waals surface area contributed by atoms with Gasteiger partial charge in [0.15, 0.2) is 0 Å². The highest BCUT2D eigenvalue weighted by atomic mass is 16.6. The molecule has 5 N–H and O–H groups in total. The van der Waals surface area contributed by atoms with Crippen LogP contribution in [0.25, 0.3) is 5.70 Å². The van der Waals surface area contributed by atoms with Gasteiger partial charge < -0.3 is 30.2 Å². The van der Waals surface area contributed by atoms with Crippen LogP contribution < -0.4 is 16.3 Å². The molecule has 0 aromatic carbocycles. The molecule has 30 heavy (non-hydrogen) atoms. The van der Waals surface area contributed by atoms with Crippen molar-refractivity contribution < 1.29 is 24.2 Å². The molecule has 0 radical (unpaired) electrons. The number of ether oxygens (including phenoxy) is 2. The molecule has 1 aromatic rings. The van der Waals surface area contributed by atoms with Gasteiger partial charge in [-0.15, -0.1) is 0 Å². The molecule has 0 saturated heterocycles. The minimum atomic E-state index is -0.787. The lowest BCUT2D eigenvalue weighted by molar-refractivity contribution is -0.142. The summed E-state index contributed by atoms with van der Waals surface area (Å²) in [5, 5.41) is 10.6. The summed E-state index contributed by atoms with van der Waals surface area (Å²) in [5.41, 5.74) is 8.01. The van der Waals surface area contributed by atoms with Gasteiger partial charge in [-0.3, -0.25) is 4.79 Å². The highest BCUT2D eigenvalue weighted by molar-refractivity contribution is 5.71. The van der Waals surface area contributed by atoms with E-state index >= 15 is 0 Å². The number of hydrogen-bond donors (Lipinski definition) is 3. The van der Waals surface area contributed by atoms with E-state index in [9.17, 15) is 14.7 Å². The Labute approximate surface area is 176 Å². The van der Waals surface area contributed by atoms with Crippen LogP contribution >= 0.6 is 0 Å². The maximum absolute atomic E-state index is 11.7. The van der Waals surface area contributed by atoms with E-state index in [1.165, 1.54) is 9.91 Å². The summed E-state index contributed by atoms with van der Waals surface area (Å²) in [6.45, 7) is 3.61. The molecule has 1 fully saturated rings. The molecule has 1 aliphatic rings. The Bertz CT molecular complexity index is 824. The van der Waals surface area contributed by atoms with Crippen molar-refractivity contribution in [1.82, 2.24) is 14.9 Å². The minimum absolute atomic E-state index is 0.0612. The molecule has 3 unspecified atom stereocenters. The number of nitrogens with zero attached hydrogens (tertiary/aromatic N) is 3. The summed E-state index contributed by atoms with van der Waals surface area (Å²) >= 11 is 0. The fourth-order valence-corrected chi connectivity index (χ4v) is 3.41. The highest BCUT2D eigenvalue weighted by Crippen LogP contribution is 2.35. The van der Waals surface area contributed by atoms with Crippen molar-refractivity contribution in [2.45, 2.75) is 32.8 Å². The smallest absolute Gasteiger partial charge is 0.409 e. The van der Waals surface area contributed by atoms with Crippen LogP contribution in [0.4, 0.5) is 4.79 Å². The van der Waals surface area contributed by atoms with E-state index in [1.807, 2.05) is 6.92 Å². The number of hydrazine groups is 1. The summed E-state index contributed by atoms with van der Waals surface area (Å²) in [7, 11) is 4.75. The van der Waals surface area contributed by atoms with Gasteiger partial charge in [0, 0.05) is 21.1 Å². The fourth-order valence-electron chi connectivity index (χ4n) is 3.41. The predicted molar refractivity (Wildman–Crippen MR) is 111 cm³/mol. The molecule has 1 heterocycles. The van der Waals surface area contributed by atoms with Gasteiger partial charge in [0.05, 0.1) is 34.8 Å². The molecule has 3 atom stereocenters. The minimum Gasteiger partial charge on any atom is -0.488 e. The second-order valence-corrected chi connectivity index (χ2v) is 7.83. The Morgan fingerprint density at radius 1 is 1.27 bits per heavy atom. The number of likely N-dealkylation sites (N-methyl/N-ethyl adjacent to an activating group) is 1. The number of aryl methyl sites for hydroxylation is 1. The summed E-state index contributed by atoms with van der Waals surface area (Å²) in [5.74, 6) is 5.31. The molecule has 0 aliphatic heterocycles. The van der Waals surface area contributed by atoms with E-state index in [0.717, 1.165) is 0 Å². The maximum atomic E-state index is 11.7. The topological polar surface area (TPSA) is 144 Å². The van der Waals surface area contributed by atoms with E-state index in [0.29, 0.717) is 35.7 Å². The SMILES string of the molecule is Cc1nc(/C(N)=C(\COC(=O)N(C)C)N(C)N)ccc1OC1CC(C)C(C(=O)O)C1. The second-order valence-electron chi connectivity index (χ2n) is 7.83. The van der Waals surface area contributed by atoms with E-state index in [2.05, 4.69) is 4.98 Å². The van der Waals surface area contributed by atoms with E-state index < -0.39 is 18.0 Å². The van der Waals surface area contributed by atoms with Crippen LogP contribution in [0.2, 0.25) is 0 Å². The van der Waals surface area contributed by atoms with Crippen molar-refractivity contribution in [1.29, 1.82) is 0 Å². The first-order valence-corrected chi connectivity index (χ1v) is 9.69. The lowest BCUT2D eigenvalue weighted by Gasteiger charge is -2.21. The van der Waals surface area contributed by atoms with Gasteiger partial charge in [-0.2, -0.15) is 0 Å². The normalized spacial score (nSPS) is 21.6. The molecular formula is C20H31N5O5. The number of nitrogens with two attached hydrogens (primary N) is 2. The zero-order valence-corrected chi connectivity index (χ0v) is 18.1. The van der Waals surface area contributed by atoms with E-state index in [4.69, 9.17) is 21.1 Å². The van der Waals surface area contributed by atoms with Gasteiger partial charge in [0.25, 0.3) is 0 Å². The number of carbonyl (C=O) groups excluding carboxylic acids is 1. The van der Waals surface area contributed by atoms with Crippen LogP contribution in [0.15, 0.2) is 17.8 Å². The van der Waals surface area contributed by atoms with Gasteiger partial charge in [0.2, 0.25) is 0 Å². The van der Waals surface area contributed by atoms with Crippen LogP contribution in [-0.2, 0) is 9.53 Å². The molecule has 1 aliphatic carbocycles. The monoisotopic (exact) mass is 421 g/mol. The van der Waals surface area contributed by atoms with Gasteiger partial charge >= 0.3 is 12.1 Å². The number of amides is 1. The van der Waals surface area contributed by atoms with Gasteiger partial charge in [-0.25, -0.2) is 15.6 Å². The lowest BCUT2D eigenvalue weighted by Crippen LogP contribution is -2.33. The number of rotatable bonds is 7. The average Bonchev–Trinajstić information content (AvgIpc) is 3.03. The Morgan fingerprint density at radius 3 is 2.43 bits per heavy atom. The largest absolute Gasteiger partial charge is 0.488 e. The third kappa shape index (κ3) is 5.53. The second kappa shape index (κ2) is 9.66. The Hall–Kier alpha value is -3.01. The van der Waals surface area contributed by atoms with Crippen molar-refractivity contribution >= 4 is 17.8 Å². The molecule has 10 heteroatoms. The molecular weight excluding hydrogens is 390 g/mol. The van der Waals surface area contributed by atoms with Crippen molar-refractivity contribution in [3.8, 4) is 5.75 Å². The lowest BCUT2D eigenvalue weighted by atomic mass is 9.99.